The zero-order valence-corrected chi connectivity index (χ0v) is 12.2. The number of nitrogens with zero attached hydrogens (tertiary/aromatic N) is 1. The van der Waals surface area contributed by atoms with Crippen molar-refractivity contribution in [3.8, 4) is 0 Å². The zero-order valence-electron chi connectivity index (χ0n) is 12.2. The monoisotopic (exact) mass is 258 g/mol. The normalized spacial score (nSPS) is 35.3. The van der Waals surface area contributed by atoms with Crippen LogP contribution in [0.3, 0.4) is 0 Å². The van der Waals surface area contributed by atoms with Crippen molar-refractivity contribution in [3.63, 3.8) is 0 Å². The largest absolute Gasteiger partial charge is 0.329 e. The van der Waals surface area contributed by atoms with Crippen LogP contribution in [0.15, 0.2) is 24.3 Å². The van der Waals surface area contributed by atoms with Crippen LogP contribution in [-0.4, -0.2) is 17.0 Å². The molecule has 0 bridgehead atoms. The van der Waals surface area contributed by atoms with Gasteiger partial charge in [-0.2, -0.15) is 0 Å². The van der Waals surface area contributed by atoms with Gasteiger partial charge in [-0.1, -0.05) is 38.1 Å². The summed E-state index contributed by atoms with van der Waals surface area (Å²) in [7, 11) is 0. The summed E-state index contributed by atoms with van der Waals surface area (Å²) >= 11 is 0. The number of hydrogen-bond acceptors (Lipinski definition) is 2. The molecule has 2 nitrogen and oxygen atoms in total. The molecule has 0 amide bonds. The van der Waals surface area contributed by atoms with Gasteiger partial charge in [0.2, 0.25) is 0 Å². The smallest absolute Gasteiger partial charge is 0.0341 e. The first-order valence-corrected chi connectivity index (χ1v) is 7.66. The second-order valence-corrected chi connectivity index (χ2v) is 6.75. The van der Waals surface area contributed by atoms with Crippen LogP contribution in [0, 0.1) is 11.8 Å². The highest BCUT2D eigenvalue weighted by molar-refractivity contribution is 5.31. The van der Waals surface area contributed by atoms with E-state index in [1.165, 1.54) is 30.4 Å². The van der Waals surface area contributed by atoms with E-state index in [0.717, 1.165) is 31.5 Å². The minimum atomic E-state index is 0.241. The molecule has 0 aromatic heterocycles. The van der Waals surface area contributed by atoms with Gasteiger partial charge in [0.1, 0.15) is 0 Å². The molecule has 0 spiro atoms. The molecule has 1 heterocycles. The van der Waals surface area contributed by atoms with Gasteiger partial charge in [0, 0.05) is 25.2 Å². The third-order valence-electron chi connectivity index (χ3n) is 5.63. The molecule has 3 atom stereocenters. The fourth-order valence-electron chi connectivity index (χ4n) is 3.95. The van der Waals surface area contributed by atoms with Crippen LogP contribution in [0.4, 0.5) is 0 Å². The van der Waals surface area contributed by atoms with Crippen molar-refractivity contribution in [2.75, 3.05) is 6.54 Å². The van der Waals surface area contributed by atoms with Gasteiger partial charge < -0.3 is 5.73 Å². The zero-order chi connectivity index (χ0) is 13.5. The molecule has 1 aliphatic heterocycles. The average Bonchev–Trinajstić information content (AvgIpc) is 2.86. The standard InChI is InChI=1S/C17H26N2/c1-13-7-8-17(12-18,9-14(13)2)19-10-15-5-3-4-6-16(15)11-19/h3-6,13-14H,7-12,18H2,1-2H3. The Labute approximate surface area is 117 Å². The lowest BCUT2D eigenvalue weighted by molar-refractivity contribution is 0.0179. The first kappa shape index (κ1) is 13.1. The molecule has 2 aliphatic rings. The highest BCUT2D eigenvalue weighted by atomic mass is 15.2. The molecular weight excluding hydrogens is 232 g/mol. The molecule has 1 saturated carbocycles. The van der Waals surface area contributed by atoms with Gasteiger partial charge in [0.15, 0.2) is 0 Å². The molecule has 1 aromatic rings. The van der Waals surface area contributed by atoms with E-state index in [1.54, 1.807) is 0 Å². The van der Waals surface area contributed by atoms with Crippen molar-refractivity contribution in [2.24, 2.45) is 17.6 Å². The highest BCUT2D eigenvalue weighted by Crippen LogP contribution is 2.42. The summed E-state index contributed by atoms with van der Waals surface area (Å²) < 4.78 is 0. The Hall–Kier alpha value is -0.860. The van der Waals surface area contributed by atoms with E-state index in [4.69, 9.17) is 5.73 Å². The molecule has 3 unspecified atom stereocenters. The van der Waals surface area contributed by atoms with Crippen LogP contribution in [0.5, 0.6) is 0 Å². The Morgan fingerprint density at radius 1 is 1.16 bits per heavy atom. The Balaban J connectivity index is 1.81. The number of hydrogen-bond donors (Lipinski definition) is 1. The van der Waals surface area contributed by atoms with Crippen LogP contribution < -0.4 is 5.73 Å². The molecule has 1 fully saturated rings. The molecule has 2 N–H and O–H groups in total. The third-order valence-corrected chi connectivity index (χ3v) is 5.63. The van der Waals surface area contributed by atoms with Crippen molar-refractivity contribution in [2.45, 2.75) is 51.7 Å². The Bertz CT molecular complexity index is 431. The third kappa shape index (κ3) is 2.21. The summed E-state index contributed by atoms with van der Waals surface area (Å²) in [4.78, 5) is 2.65. The molecule has 19 heavy (non-hydrogen) atoms. The van der Waals surface area contributed by atoms with Crippen LogP contribution in [0.2, 0.25) is 0 Å². The summed E-state index contributed by atoms with van der Waals surface area (Å²) in [5.41, 5.74) is 9.46. The van der Waals surface area contributed by atoms with Crippen LogP contribution in [0.1, 0.15) is 44.2 Å². The van der Waals surface area contributed by atoms with Gasteiger partial charge in [-0.25, -0.2) is 0 Å². The first-order chi connectivity index (χ1) is 9.14. The van der Waals surface area contributed by atoms with E-state index in [-0.39, 0.29) is 5.54 Å². The lowest BCUT2D eigenvalue weighted by atomic mass is 9.70. The second kappa shape index (κ2) is 4.92. The molecule has 104 valence electrons. The van der Waals surface area contributed by atoms with E-state index in [1.807, 2.05) is 0 Å². The number of benzene rings is 1. The molecule has 1 aromatic carbocycles. The van der Waals surface area contributed by atoms with Crippen molar-refractivity contribution < 1.29 is 0 Å². The second-order valence-electron chi connectivity index (χ2n) is 6.75. The lowest BCUT2D eigenvalue weighted by Crippen LogP contribution is -2.55. The number of rotatable bonds is 2. The summed E-state index contributed by atoms with van der Waals surface area (Å²) in [6.07, 6.45) is 3.85. The lowest BCUT2D eigenvalue weighted by Gasteiger charge is -2.48. The summed E-state index contributed by atoms with van der Waals surface area (Å²) in [6.45, 7) is 7.78. The maximum Gasteiger partial charge on any atom is 0.0341 e. The molecule has 0 saturated heterocycles. The number of fused-ring (bicyclic) bond motifs is 1. The van der Waals surface area contributed by atoms with Crippen LogP contribution in [0.25, 0.3) is 0 Å². The predicted octanol–water partition coefficient (Wildman–Crippen LogP) is 3.16. The quantitative estimate of drug-likeness (QED) is 0.883. The molecule has 3 rings (SSSR count). The van der Waals surface area contributed by atoms with Crippen LogP contribution >= 0.6 is 0 Å². The topological polar surface area (TPSA) is 29.3 Å². The summed E-state index contributed by atoms with van der Waals surface area (Å²) in [5, 5.41) is 0. The van der Waals surface area contributed by atoms with Gasteiger partial charge in [-0.3, -0.25) is 4.90 Å². The maximum atomic E-state index is 6.22. The fourth-order valence-corrected chi connectivity index (χ4v) is 3.95. The Kier molecular flexibility index (Phi) is 3.40. The maximum absolute atomic E-state index is 6.22. The van der Waals surface area contributed by atoms with Crippen molar-refractivity contribution >= 4 is 0 Å². The van der Waals surface area contributed by atoms with Gasteiger partial charge >= 0.3 is 0 Å². The minimum absolute atomic E-state index is 0.241. The van der Waals surface area contributed by atoms with E-state index in [2.05, 4.69) is 43.0 Å². The van der Waals surface area contributed by atoms with E-state index >= 15 is 0 Å². The average molecular weight is 258 g/mol. The van der Waals surface area contributed by atoms with Crippen molar-refractivity contribution in [3.05, 3.63) is 35.4 Å². The molecule has 0 radical (unpaired) electrons. The van der Waals surface area contributed by atoms with Gasteiger partial charge in [-0.05, 0) is 42.2 Å². The van der Waals surface area contributed by atoms with Gasteiger partial charge in [0.05, 0.1) is 0 Å². The summed E-state index contributed by atoms with van der Waals surface area (Å²) in [6, 6.07) is 8.86. The van der Waals surface area contributed by atoms with Crippen molar-refractivity contribution in [1.29, 1.82) is 0 Å². The van der Waals surface area contributed by atoms with Gasteiger partial charge in [-0.15, -0.1) is 0 Å². The summed E-state index contributed by atoms with van der Waals surface area (Å²) in [5.74, 6) is 1.64. The van der Waals surface area contributed by atoms with Crippen LogP contribution in [-0.2, 0) is 13.1 Å². The minimum Gasteiger partial charge on any atom is -0.329 e. The van der Waals surface area contributed by atoms with E-state index in [0.29, 0.717) is 0 Å². The molecular formula is C17H26N2. The fraction of sp³-hybridized carbons (Fsp3) is 0.647. The first-order valence-electron chi connectivity index (χ1n) is 7.66. The van der Waals surface area contributed by atoms with Gasteiger partial charge in [0.25, 0.3) is 0 Å². The molecule has 2 heteroatoms. The SMILES string of the molecule is CC1CCC(CN)(N2Cc3ccccc3C2)CC1C. The van der Waals surface area contributed by atoms with Crippen molar-refractivity contribution in [1.82, 2.24) is 4.90 Å². The molecule has 1 aliphatic carbocycles. The Morgan fingerprint density at radius 3 is 2.32 bits per heavy atom. The Morgan fingerprint density at radius 2 is 1.79 bits per heavy atom. The number of nitrogens with two attached hydrogens (primary N) is 1. The predicted molar refractivity (Wildman–Crippen MR) is 79.7 cm³/mol. The van der Waals surface area contributed by atoms with E-state index < -0.39 is 0 Å². The van der Waals surface area contributed by atoms with E-state index in [9.17, 15) is 0 Å². The highest BCUT2D eigenvalue weighted by Gasteiger charge is 2.42.